The minimum atomic E-state index is -0.310. The van der Waals surface area contributed by atoms with E-state index in [1.807, 2.05) is 13.1 Å². The maximum Gasteiger partial charge on any atom is 0.189 e. The Labute approximate surface area is 195 Å². The molecule has 1 heterocycles. The van der Waals surface area contributed by atoms with Crippen molar-refractivity contribution in [3.05, 3.63) is 12.2 Å². The molecule has 0 fully saturated rings. The van der Waals surface area contributed by atoms with E-state index >= 15 is 0 Å². The maximum atomic E-state index is 10.2. The summed E-state index contributed by atoms with van der Waals surface area (Å²) in [5.41, 5.74) is 0. The molecule has 3 heteroatoms. The van der Waals surface area contributed by atoms with Crippen molar-refractivity contribution in [3.8, 4) is 0 Å². The number of aliphatic hydroxyl groups excluding tert-OH is 1. The molecule has 0 aromatic heterocycles. The van der Waals surface area contributed by atoms with Gasteiger partial charge in [-0.25, -0.2) is 4.99 Å². The lowest BCUT2D eigenvalue weighted by molar-refractivity contribution is -0.976. The topological polar surface area (TPSA) is 32.6 Å². The number of aliphatic imine (C=N–C) groups is 1. The third kappa shape index (κ3) is 12.2. The highest BCUT2D eigenvalue weighted by Crippen LogP contribution is 2.26. The van der Waals surface area contributed by atoms with Crippen LogP contribution in [0.2, 0.25) is 0 Å². The second-order valence-corrected chi connectivity index (χ2v) is 9.81. The predicted octanol–water partition coefficient (Wildman–Crippen LogP) is 8.17. The fourth-order valence-electron chi connectivity index (χ4n) is 5.08. The first-order chi connectivity index (χ1) is 15.2. The Morgan fingerprint density at radius 1 is 0.806 bits per heavy atom. The highest BCUT2D eigenvalue weighted by atomic mass is 16.3. The van der Waals surface area contributed by atoms with Crippen LogP contribution in [-0.2, 0) is 0 Å². The average molecular weight is 436 g/mol. The molecule has 0 aromatic rings. The van der Waals surface area contributed by atoms with Crippen molar-refractivity contribution in [1.29, 1.82) is 0 Å². The van der Waals surface area contributed by atoms with Crippen molar-refractivity contribution >= 4 is 6.21 Å². The molecule has 0 amide bonds. The van der Waals surface area contributed by atoms with Crippen LogP contribution >= 0.6 is 0 Å². The molecule has 0 aliphatic carbocycles. The zero-order valence-corrected chi connectivity index (χ0v) is 21.4. The molecule has 3 atom stereocenters. The van der Waals surface area contributed by atoms with E-state index in [4.69, 9.17) is 0 Å². The second kappa shape index (κ2) is 18.9. The maximum absolute atomic E-state index is 10.2. The van der Waals surface area contributed by atoms with E-state index in [1.165, 1.54) is 109 Å². The van der Waals surface area contributed by atoms with Crippen molar-refractivity contribution in [2.24, 2.45) is 4.99 Å². The SMILES string of the molecule is CC/C=C/CCCCCCCCCCCCCCCCCC1N=CC[N+]1(CC)C(C)O. The van der Waals surface area contributed by atoms with Gasteiger partial charge in [0.2, 0.25) is 0 Å². The monoisotopic (exact) mass is 435 g/mol. The molecule has 0 saturated carbocycles. The van der Waals surface area contributed by atoms with Crippen molar-refractivity contribution < 1.29 is 9.59 Å². The van der Waals surface area contributed by atoms with Crippen molar-refractivity contribution in [2.75, 3.05) is 13.1 Å². The van der Waals surface area contributed by atoms with Crippen LogP contribution in [-0.4, -0.2) is 41.3 Å². The fraction of sp³-hybridized carbons (Fsp3) is 0.893. The molecular formula is C28H55N2O+. The highest BCUT2D eigenvalue weighted by molar-refractivity contribution is 5.60. The van der Waals surface area contributed by atoms with Crippen LogP contribution in [0.4, 0.5) is 0 Å². The van der Waals surface area contributed by atoms with E-state index in [2.05, 4.69) is 31.0 Å². The van der Waals surface area contributed by atoms with E-state index in [9.17, 15) is 5.11 Å². The highest BCUT2D eigenvalue weighted by Gasteiger charge is 2.41. The Balaban J connectivity index is 1.82. The van der Waals surface area contributed by atoms with Gasteiger partial charge in [-0.15, -0.1) is 0 Å². The lowest BCUT2D eigenvalue weighted by Gasteiger charge is -2.40. The number of hydrogen-bond acceptors (Lipinski definition) is 2. The van der Waals surface area contributed by atoms with Gasteiger partial charge in [-0.1, -0.05) is 103 Å². The van der Waals surface area contributed by atoms with Gasteiger partial charge in [0.15, 0.2) is 12.4 Å². The molecule has 3 nitrogen and oxygen atoms in total. The minimum absolute atomic E-state index is 0.285. The summed E-state index contributed by atoms with van der Waals surface area (Å²) >= 11 is 0. The number of rotatable bonds is 21. The first kappa shape index (κ1) is 28.4. The standard InChI is InChI=1S/C28H55N2O/c1-4-6-7-8-9-10-11-12-13-14-15-16-17-18-19-20-21-22-23-24-28-29-25-26-30(28,5-2)27(3)31/h6-7,25,27-28,31H,4-5,8-24,26H2,1-3H3/q+1/b7-6+. The molecule has 182 valence electrons. The van der Waals surface area contributed by atoms with E-state index in [0.29, 0.717) is 0 Å². The number of aliphatic hydroxyl groups is 1. The molecule has 0 spiro atoms. The Bertz CT molecular complexity index is 460. The molecule has 1 rings (SSSR count). The predicted molar refractivity (Wildman–Crippen MR) is 138 cm³/mol. The molecule has 0 aromatic carbocycles. The molecular weight excluding hydrogens is 380 g/mol. The van der Waals surface area contributed by atoms with Crippen LogP contribution < -0.4 is 0 Å². The van der Waals surface area contributed by atoms with Crippen molar-refractivity contribution in [2.45, 2.75) is 149 Å². The number of nitrogens with zero attached hydrogens (tertiary/aromatic N) is 2. The van der Waals surface area contributed by atoms with Gasteiger partial charge in [0, 0.05) is 13.3 Å². The van der Waals surface area contributed by atoms with Gasteiger partial charge in [-0.2, -0.15) is 0 Å². The fourth-order valence-corrected chi connectivity index (χ4v) is 5.08. The summed E-state index contributed by atoms with van der Waals surface area (Å²) in [5, 5.41) is 10.2. The Morgan fingerprint density at radius 3 is 1.74 bits per heavy atom. The van der Waals surface area contributed by atoms with Crippen molar-refractivity contribution in [3.63, 3.8) is 0 Å². The summed E-state index contributed by atoms with van der Waals surface area (Å²) in [5.74, 6) is 0. The van der Waals surface area contributed by atoms with Gasteiger partial charge < -0.3 is 5.11 Å². The number of unbranched alkanes of at least 4 members (excludes halogenated alkanes) is 15. The summed E-state index contributed by atoms with van der Waals surface area (Å²) in [6, 6.07) is 0. The van der Waals surface area contributed by atoms with Gasteiger partial charge in [0.1, 0.15) is 6.54 Å². The molecule has 1 aliphatic rings. The molecule has 1 N–H and O–H groups in total. The van der Waals surface area contributed by atoms with Gasteiger partial charge in [0.25, 0.3) is 0 Å². The molecule has 31 heavy (non-hydrogen) atoms. The summed E-state index contributed by atoms with van der Waals surface area (Å²) in [7, 11) is 0. The minimum Gasteiger partial charge on any atom is -0.345 e. The Hall–Kier alpha value is -0.670. The van der Waals surface area contributed by atoms with Crippen molar-refractivity contribution in [1.82, 2.24) is 0 Å². The lowest BCUT2D eigenvalue weighted by atomic mass is 10.0. The second-order valence-electron chi connectivity index (χ2n) is 9.81. The van der Waals surface area contributed by atoms with Gasteiger partial charge >= 0.3 is 0 Å². The Morgan fingerprint density at radius 2 is 1.29 bits per heavy atom. The van der Waals surface area contributed by atoms with Gasteiger partial charge in [-0.3, -0.25) is 4.48 Å². The zero-order valence-electron chi connectivity index (χ0n) is 21.4. The average Bonchev–Trinajstić information content (AvgIpc) is 3.19. The molecule has 0 bridgehead atoms. The molecule has 0 radical (unpaired) electrons. The Kier molecular flexibility index (Phi) is 17.3. The quantitative estimate of drug-likeness (QED) is 0.110. The lowest BCUT2D eigenvalue weighted by Crippen LogP contribution is -2.57. The van der Waals surface area contributed by atoms with Crippen LogP contribution in [0.25, 0.3) is 0 Å². The number of allylic oxidation sites excluding steroid dienone is 2. The van der Waals surface area contributed by atoms with E-state index in [0.717, 1.165) is 24.0 Å². The van der Waals surface area contributed by atoms with Crippen LogP contribution in [0.3, 0.4) is 0 Å². The van der Waals surface area contributed by atoms with Crippen LogP contribution in [0.1, 0.15) is 136 Å². The third-order valence-corrected chi connectivity index (χ3v) is 7.36. The number of hydrogen-bond donors (Lipinski definition) is 1. The summed E-state index contributed by atoms with van der Waals surface area (Å²) in [6.07, 6.45) is 31.3. The van der Waals surface area contributed by atoms with Gasteiger partial charge in [0.05, 0.1) is 12.8 Å². The van der Waals surface area contributed by atoms with E-state index in [-0.39, 0.29) is 12.4 Å². The van der Waals surface area contributed by atoms with Crippen LogP contribution in [0.5, 0.6) is 0 Å². The summed E-state index contributed by atoms with van der Waals surface area (Å²) < 4.78 is 0.747. The number of quaternary nitrogens is 1. The summed E-state index contributed by atoms with van der Waals surface area (Å²) in [6.45, 7) is 8.19. The van der Waals surface area contributed by atoms with Crippen LogP contribution in [0.15, 0.2) is 17.1 Å². The normalized spacial score (nSPS) is 22.0. The molecule has 3 unspecified atom stereocenters. The largest absolute Gasteiger partial charge is 0.345 e. The first-order valence-corrected chi connectivity index (χ1v) is 13.9. The zero-order chi connectivity index (χ0) is 22.6. The third-order valence-electron chi connectivity index (χ3n) is 7.36. The van der Waals surface area contributed by atoms with E-state index in [1.54, 1.807) is 0 Å². The molecule has 1 aliphatic heterocycles. The first-order valence-electron chi connectivity index (χ1n) is 13.9. The molecule has 0 saturated heterocycles. The van der Waals surface area contributed by atoms with Gasteiger partial charge in [-0.05, 0) is 32.6 Å². The van der Waals surface area contributed by atoms with Crippen LogP contribution in [0, 0.1) is 0 Å². The summed E-state index contributed by atoms with van der Waals surface area (Å²) in [4.78, 5) is 4.68. The smallest absolute Gasteiger partial charge is 0.189 e. The van der Waals surface area contributed by atoms with E-state index < -0.39 is 0 Å².